The Labute approximate surface area is 129 Å². The summed E-state index contributed by atoms with van der Waals surface area (Å²) >= 11 is 3.48. The maximum Gasteiger partial charge on any atom is 0.255 e. The Morgan fingerprint density at radius 3 is 2.90 bits per heavy atom. The minimum Gasteiger partial charge on any atom is -0.337 e. The fraction of sp³-hybridized carbons (Fsp3) is 0.562. The van der Waals surface area contributed by atoms with E-state index in [-0.39, 0.29) is 5.91 Å². The van der Waals surface area contributed by atoms with Crippen LogP contribution in [0.1, 0.15) is 43.0 Å². The molecule has 0 saturated carbocycles. The second kappa shape index (κ2) is 7.79. The lowest BCUT2D eigenvalue weighted by atomic mass is 10.1. The standard InChI is InChI=1S/C16H23BrN2O/c1-2-3-11-19(12-13-7-6-10-18-13)16(20)14-8-4-5-9-15(14)17/h4-5,8-9,13,18H,2-3,6-7,10-12H2,1H3. The van der Waals surface area contributed by atoms with Gasteiger partial charge in [0.1, 0.15) is 0 Å². The SMILES string of the molecule is CCCCN(CC1CCCN1)C(=O)c1ccccc1Br. The van der Waals surface area contributed by atoms with Crippen LogP contribution in [0.2, 0.25) is 0 Å². The smallest absolute Gasteiger partial charge is 0.255 e. The van der Waals surface area contributed by atoms with Crippen LogP contribution < -0.4 is 5.32 Å². The Balaban J connectivity index is 2.08. The number of unbranched alkanes of at least 4 members (excludes halogenated alkanes) is 1. The second-order valence-corrected chi connectivity index (χ2v) is 6.23. The number of nitrogens with zero attached hydrogens (tertiary/aromatic N) is 1. The van der Waals surface area contributed by atoms with Crippen molar-refractivity contribution in [2.24, 2.45) is 0 Å². The minimum absolute atomic E-state index is 0.139. The molecule has 1 N–H and O–H groups in total. The fourth-order valence-corrected chi connectivity index (χ4v) is 3.06. The summed E-state index contributed by atoms with van der Waals surface area (Å²) < 4.78 is 0.880. The number of hydrogen-bond donors (Lipinski definition) is 1. The Morgan fingerprint density at radius 1 is 1.45 bits per heavy atom. The third-order valence-corrected chi connectivity index (χ3v) is 4.47. The molecule has 1 amide bonds. The van der Waals surface area contributed by atoms with Gasteiger partial charge in [0.2, 0.25) is 0 Å². The van der Waals surface area contributed by atoms with Crippen molar-refractivity contribution < 1.29 is 4.79 Å². The Bertz CT molecular complexity index is 444. The average Bonchev–Trinajstić information content (AvgIpc) is 2.96. The van der Waals surface area contributed by atoms with E-state index in [2.05, 4.69) is 28.2 Å². The van der Waals surface area contributed by atoms with E-state index in [1.165, 1.54) is 12.8 Å². The highest BCUT2D eigenvalue weighted by molar-refractivity contribution is 9.10. The summed E-state index contributed by atoms with van der Waals surface area (Å²) in [6.45, 7) is 4.90. The topological polar surface area (TPSA) is 32.3 Å². The number of nitrogens with one attached hydrogen (secondary N) is 1. The molecule has 1 saturated heterocycles. The van der Waals surface area contributed by atoms with E-state index in [0.717, 1.165) is 42.5 Å². The van der Waals surface area contributed by atoms with Crippen LogP contribution in [0.15, 0.2) is 28.7 Å². The minimum atomic E-state index is 0.139. The summed E-state index contributed by atoms with van der Waals surface area (Å²) in [5, 5.41) is 3.48. The number of hydrogen-bond acceptors (Lipinski definition) is 2. The molecule has 3 nitrogen and oxygen atoms in total. The van der Waals surface area contributed by atoms with Crippen LogP contribution in [-0.4, -0.2) is 36.5 Å². The first-order valence-corrected chi connectivity index (χ1v) is 8.29. The maximum absolute atomic E-state index is 12.7. The van der Waals surface area contributed by atoms with Crippen molar-refractivity contribution in [2.75, 3.05) is 19.6 Å². The molecule has 20 heavy (non-hydrogen) atoms. The molecule has 0 spiro atoms. The van der Waals surface area contributed by atoms with Crippen LogP contribution in [0.25, 0.3) is 0 Å². The lowest BCUT2D eigenvalue weighted by Gasteiger charge is -2.26. The molecule has 1 aliphatic rings. The normalized spacial score (nSPS) is 18.2. The zero-order valence-electron chi connectivity index (χ0n) is 12.1. The quantitative estimate of drug-likeness (QED) is 0.861. The monoisotopic (exact) mass is 338 g/mol. The van der Waals surface area contributed by atoms with E-state index in [9.17, 15) is 4.79 Å². The summed E-state index contributed by atoms with van der Waals surface area (Å²) in [6.07, 6.45) is 4.56. The van der Waals surface area contributed by atoms with Gasteiger partial charge >= 0.3 is 0 Å². The van der Waals surface area contributed by atoms with E-state index in [1.54, 1.807) is 0 Å². The Hall–Kier alpha value is -0.870. The summed E-state index contributed by atoms with van der Waals surface area (Å²) in [4.78, 5) is 14.7. The molecule has 110 valence electrons. The highest BCUT2D eigenvalue weighted by atomic mass is 79.9. The van der Waals surface area contributed by atoms with Crippen LogP contribution in [0.3, 0.4) is 0 Å². The number of carbonyl (C=O) groups is 1. The molecule has 1 aromatic rings. The summed E-state index contributed by atoms with van der Waals surface area (Å²) in [6, 6.07) is 8.14. The van der Waals surface area contributed by atoms with E-state index < -0.39 is 0 Å². The zero-order chi connectivity index (χ0) is 14.4. The Morgan fingerprint density at radius 2 is 2.25 bits per heavy atom. The van der Waals surface area contributed by atoms with Gasteiger partial charge in [0, 0.05) is 23.6 Å². The van der Waals surface area contributed by atoms with Crippen molar-refractivity contribution in [2.45, 2.75) is 38.6 Å². The van der Waals surface area contributed by atoms with Crippen LogP contribution in [0, 0.1) is 0 Å². The predicted octanol–water partition coefficient (Wildman–Crippen LogP) is 3.44. The summed E-state index contributed by atoms with van der Waals surface area (Å²) in [5.74, 6) is 0.139. The van der Waals surface area contributed by atoms with Gasteiger partial charge in [-0.15, -0.1) is 0 Å². The molecule has 1 unspecified atom stereocenters. The largest absolute Gasteiger partial charge is 0.337 e. The van der Waals surface area contributed by atoms with E-state index >= 15 is 0 Å². The van der Waals surface area contributed by atoms with Crippen molar-refractivity contribution in [3.63, 3.8) is 0 Å². The van der Waals surface area contributed by atoms with Crippen LogP contribution >= 0.6 is 15.9 Å². The van der Waals surface area contributed by atoms with E-state index in [0.29, 0.717) is 6.04 Å². The number of carbonyl (C=O) groups excluding carboxylic acids is 1. The molecule has 0 aliphatic carbocycles. The number of amides is 1. The van der Waals surface area contributed by atoms with Crippen LogP contribution in [0.5, 0.6) is 0 Å². The van der Waals surface area contributed by atoms with Crippen molar-refractivity contribution in [3.8, 4) is 0 Å². The maximum atomic E-state index is 12.7. The molecule has 0 aromatic heterocycles. The first kappa shape index (κ1) is 15.5. The highest BCUT2D eigenvalue weighted by Crippen LogP contribution is 2.19. The molecule has 1 atom stereocenters. The molecular weight excluding hydrogens is 316 g/mol. The second-order valence-electron chi connectivity index (χ2n) is 5.38. The molecule has 1 heterocycles. The summed E-state index contributed by atoms with van der Waals surface area (Å²) in [5.41, 5.74) is 0.765. The average molecular weight is 339 g/mol. The lowest BCUT2D eigenvalue weighted by molar-refractivity contribution is 0.0738. The van der Waals surface area contributed by atoms with Crippen LogP contribution in [-0.2, 0) is 0 Å². The number of benzene rings is 1. The van der Waals surface area contributed by atoms with Gasteiger partial charge < -0.3 is 10.2 Å². The van der Waals surface area contributed by atoms with Crippen molar-refractivity contribution in [1.29, 1.82) is 0 Å². The first-order chi connectivity index (χ1) is 9.72. The zero-order valence-corrected chi connectivity index (χ0v) is 13.7. The van der Waals surface area contributed by atoms with Gasteiger partial charge in [-0.3, -0.25) is 4.79 Å². The van der Waals surface area contributed by atoms with Crippen LogP contribution in [0.4, 0.5) is 0 Å². The predicted molar refractivity (Wildman–Crippen MR) is 86.0 cm³/mol. The van der Waals surface area contributed by atoms with Gasteiger partial charge in [0.05, 0.1) is 5.56 Å². The molecule has 1 aromatic carbocycles. The van der Waals surface area contributed by atoms with Crippen molar-refractivity contribution >= 4 is 21.8 Å². The highest BCUT2D eigenvalue weighted by Gasteiger charge is 2.23. The third kappa shape index (κ3) is 4.06. The van der Waals surface area contributed by atoms with Gasteiger partial charge in [-0.2, -0.15) is 0 Å². The lowest BCUT2D eigenvalue weighted by Crippen LogP contribution is -2.41. The van der Waals surface area contributed by atoms with E-state index in [4.69, 9.17) is 0 Å². The molecule has 1 fully saturated rings. The first-order valence-electron chi connectivity index (χ1n) is 7.49. The molecule has 2 rings (SSSR count). The molecule has 0 bridgehead atoms. The van der Waals surface area contributed by atoms with Gasteiger partial charge in [-0.1, -0.05) is 25.5 Å². The molecule has 4 heteroatoms. The molecule has 0 radical (unpaired) electrons. The third-order valence-electron chi connectivity index (χ3n) is 3.78. The molecule has 1 aliphatic heterocycles. The summed E-state index contributed by atoms with van der Waals surface area (Å²) in [7, 11) is 0. The Kier molecular flexibility index (Phi) is 6.05. The van der Waals surface area contributed by atoms with Gasteiger partial charge in [0.15, 0.2) is 0 Å². The van der Waals surface area contributed by atoms with Crippen molar-refractivity contribution in [1.82, 2.24) is 10.2 Å². The van der Waals surface area contributed by atoms with Gasteiger partial charge in [-0.25, -0.2) is 0 Å². The van der Waals surface area contributed by atoms with E-state index in [1.807, 2.05) is 29.2 Å². The van der Waals surface area contributed by atoms with Crippen molar-refractivity contribution in [3.05, 3.63) is 34.3 Å². The number of rotatable bonds is 6. The fourth-order valence-electron chi connectivity index (χ4n) is 2.61. The van der Waals surface area contributed by atoms with Gasteiger partial charge in [-0.05, 0) is 53.9 Å². The number of halogens is 1. The molecular formula is C16H23BrN2O. The van der Waals surface area contributed by atoms with Gasteiger partial charge in [0.25, 0.3) is 5.91 Å².